The number of ether oxygens (including phenoxy) is 3. The molecule has 0 aromatic carbocycles. The fourth-order valence-corrected chi connectivity index (χ4v) is 6.50. The van der Waals surface area contributed by atoms with Crippen LogP contribution in [-0.2, 0) is 28.6 Å². The summed E-state index contributed by atoms with van der Waals surface area (Å²) >= 11 is 0. The third-order valence-corrected chi connectivity index (χ3v) is 10.1. The fraction of sp³-hybridized carbons (Fsp3) is 0.780. The quantitative estimate of drug-likeness (QED) is 0.0265. The van der Waals surface area contributed by atoms with Crippen molar-refractivity contribution in [1.82, 2.24) is 0 Å². The molecular weight excluding hydrogens is 697 g/mol. The molecule has 0 fully saturated rings. The molecule has 0 aliphatic carbocycles. The van der Waals surface area contributed by atoms with Gasteiger partial charge in [0.2, 0.25) is 0 Å². The van der Waals surface area contributed by atoms with Crippen molar-refractivity contribution in [3.63, 3.8) is 0 Å². The highest BCUT2D eigenvalue weighted by molar-refractivity contribution is 5.71. The normalized spacial score (nSPS) is 12.4. The van der Waals surface area contributed by atoms with Crippen LogP contribution in [0.2, 0.25) is 0 Å². The zero-order valence-electron chi connectivity index (χ0n) is 36.9. The fourth-order valence-electron chi connectivity index (χ4n) is 6.50. The third kappa shape index (κ3) is 42.5. The Bertz CT molecular complexity index is 996. The monoisotopic (exact) mass is 785 g/mol. The van der Waals surface area contributed by atoms with Crippen molar-refractivity contribution in [3.8, 4) is 0 Å². The Labute approximate surface area is 346 Å². The molecule has 56 heavy (non-hydrogen) atoms. The van der Waals surface area contributed by atoms with E-state index in [2.05, 4.69) is 69.4 Å². The molecule has 6 nitrogen and oxygen atoms in total. The Morgan fingerprint density at radius 2 is 0.714 bits per heavy atom. The minimum atomic E-state index is -0.776. The van der Waals surface area contributed by atoms with E-state index in [0.717, 1.165) is 96.3 Å². The van der Waals surface area contributed by atoms with Gasteiger partial charge in [-0.05, 0) is 70.6 Å². The molecule has 0 heterocycles. The van der Waals surface area contributed by atoms with E-state index >= 15 is 0 Å². The van der Waals surface area contributed by atoms with Crippen molar-refractivity contribution in [2.45, 2.75) is 239 Å². The van der Waals surface area contributed by atoms with Gasteiger partial charge in [-0.1, -0.05) is 191 Å². The molecule has 324 valence electrons. The first-order valence-corrected chi connectivity index (χ1v) is 23.6. The summed E-state index contributed by atoms with van der Waals surface area (Å²) in [7, 11) is 0. The van der Waals surface area contributed by atoms with E-state index in [1.807, 2.05) is 0 Å². The van der Waals surface area contributed by atoms with E-state index in [1.165, 1.54) is 96.3 Å². The van der Waals surface area contributed by atoms with Crippen molar-refractivity contribution in [2.24, 2.45) is 0 Å². The number of hydrogen-bond acceptors (Lipinski definition) is 6. The van der Waals surface area contributed by atoms with Gasteiger partial charge in [-0.3, -0.25) is 14.4 Å². The molecule has 0 aliphatic rings. The average molecular weight is 785 g/mol. The molecule has 0 aromatic heterocycles. The second-order valence-electron chi connectivity index (χ2n) is 15.6. The van der Waals surface area contributed by atoms with Crippen LogP contribution in [-0.4, -0.2) is 37.2 Å². The Balaban J connectivity index is 4.34. The third-order valence-electron chi connectivity index (χ3n) is 10.1. The molecule has 0 spiro atoms. The van der Waals surface area contributed by atoms with E-state index in [9.17, 15) is 14.4 Å². The van der Waals surface area contributed by atoms with Gasteiger partial charge in [0.25, 0.3) is 0 Å². The predicted molar refractivity (Wildman–Crippen MR) is 238 cm³/mol. The summed E-state index contributed by atoms with van der Waals surface area (Å²) in [6.45, 7) is 6.46. The molecule has 0 amide bonds. The first-order valence-electron chi connectivity index (χ1n) is 23.6. The maximum absolute atomic E-state index is 12.7. The SMILES string of the molecule is CC/C=C\C/C=C\C/C=C\CCCCCCCCCC(=O)OCC(COC(=O)CCCCCCCCCCCC)OC(=O)CCCCCCC/C=C\CCCC. The van der Waals surface area contributed by atoms with Crippen molar-refractivity contribution in [1.29, 1.82) is 0 Å². The standard InChI is InChI=1S/C50H88O6/c1-4-7-10-13-16-19-22-23-24-25-26-27-29-31-34-37-40-43-49(52)55-46-47(45-54-48(51)42-39-36-33-30-21-18-15-12-9-6-3)56-50(53)44-41-38-35-32-28-20-17-14-11-8-5-2/h7,10,14,16-17,19,23-24,47H,4-6,8-9,11-13,15,18,20-22,25-46H2,1-3H3/b10-7-,17-14-,19-16-,24-23-. The number of allylic oxidation sites excluding steroid dienone is 8. The van der Waals surface area contributed by atoms with Crippen molar-refractivity contribution in [3.05, 3.63) is 48.6 Å². The number of rotatable bonds is 42. The number of esters is 3. The van der Waals surface area contributed by atoms with Crippen LogP contribution in [0.5, 0.6) is 0 Å². The average Bonchev–Trinajstić information content (AvgIpc) is 3.19. The Morgan fingerprint density at radius 1 is 0.375 bits per heavy atom. The summed E-state index contributed by atoms with van der Waals surface area (Å²) in [5, 5.41) is 0. The van der Waals surface area contributed by atoms with Gasteiger partial charge in [0, 0.05) is 19.3 Å². The van der Waals surface area contributed by atoms with Crippen LogP contribution in [0.4, 0.5) is 0 Å². The molecule has 1 unspecified atom stereocenters. The number of unbranched alkanes of at least 4 members (excludes halogenated alkanes) is 23. The number of carbonyl (C=O) groups is 3. The summed E-state index contributed by atoms with van der Waals surface area (Å²) in [4.78, 5) is 37.7. The van der Waals surface area contributed by atoms with Crippen LogP contribution in [0.25, 0.3) is 0 Å². The summed E-state index contributed by atoms with van der Waals surface area (Å²) in [6.07, 6.45) is 52.3. The van der Waals surface area contributed by atoms with Crippen molar-refractivity contribution < 1.29 is 28.6 Å². The summed E-state index contributed by atoms with van der Waals surface area (Å²) < 4.78 is 16.7. The van der Waals surface area contributed by atoms with Crippen LogP contribution < -0.4 is 0 Å². The van der Waals surface area contributed by atoms with E-state index in [4.69, 9.17) is 14.2 Å². The smallest absolute Gasteiger partial charge is 0.306 e. The largest absolute Gasteiger partial charge is 0.462 e. The van der Waals surface area contributed by atoms with E-state index in [1.54, 1.807) is 0 Å². The molecule has 6 heteroatoms. The Kier molecular flexibility index (Phi) is 43.0. The predicted octanol–water partition coefficient (Wildman–Crippen LogP) is 15.1. The van der Waals surface area contributed by atoms with E-state index in [0.29, 0.717) is 19.3 Å². The topological polar surface area (TPSA) is 78.9 Å². The van der Waals surface area contributed by atoms with Gasteiger partial charge in [0.05, 0.1) is 0 Å². The zero-order valence-corrected chi connectivity index (χ0v) is 36.9. The summed E-state index contributed by atoms with van der Waals surface area (Å²) in [6, 6.07) is 0. The van der Waals surface area contributed by atoms with Gasteiger partial charge < -0.3 is 14.2 Å². The minimum Gasteiger partial charge on any atom is -0.462 e. The van der Waals surface area contributed by atoms with Crippen LogP contribution in [0.1, 0.15) is 233 Å². The number of hydrogen-bond donors (Lipinski definition) is 0. The van der Waals surface area contributed by atoms with Gasteiger partial charge in [-0.25, -0.2) is 0 Å². The van der Waals surface area contributed by atoms with E-state index in [-0.39, 0.29) is 31.1 Å². The Morgan fingerprint density at radius 3 is 1.16 bits per heavy atom. The van der Waals surface area contributed by atoms with Crippen molar-refractivity contribution in [2.75, 3.05) is 13.2 Å². The lowest BCUT2D eigenvalue weighted by molar-refractivity contribution is -0.167. The lowest BCUT2D eigenvalue weighted by Crippen LogP contribution is -2.30. The maximum atomic E-state index is 12.7. The van der Waals surface area contributed by atoms with Crippen molar-refractivity contribution >= 4 is 17.9 Å². The molecule has 1 atom stereocenters. The Hall–Kier alpha value is -2.63. The summed E-state index contributed by atoms with van der Waals surface area (Å²) in [5.74, 6) is -0.899. The second-order valence-corrected chi connectivity index (χ2v) is 15.6. The van der Waals surface area contributed by atoms with Crippen LogP contribution in [0.15, 0.2) is 48.6 Å². The highest BCUT2D eigenvalue weighted by Gasteiger charge is 2.19. The molecule has 0 bridgehead atoms. The molecular formula is C50H88O6. The van der Waals surface area contributed by atoms with E-state index < -0.39 is 6.10 Å². The molecule has 0 rings (SSSR count). The minimum absolute atomic E-state index is 0.0782. The summed E-state index contributed by atoms with van der Waals surface area (Å²) in [5.41, 5.74) is 0. The first kappa shape index (κ1) is 53.4. The molecule has 0 aliphatic heterocycles. The zero-order chi connectivity index (χ0) is 40.8. The van der Waals surface area contributed by atoms with Gasteiger partial charge in [0.1, 0.15) is 13.2 Å². The van der Waals surface area contributed by atoms with Gasteiger partial charge in [-0.2, -0.15) is 0 Å². The van der Waals surface area contributed by atoms with Crippen LogP contribution >= 0.6 is 0 Å². The molecule has 0 N–H and O–H groups in total. The second kappa shape index (κ2) is 45.1. The van der Waals surface area contributed by atoms with Gasteiger partial charge in [0.15, 0.2) is 6.10 Å². The van der Waals surface area contributed by atoms with Gasteiger partial charge in [-0.15, -0.1) is 0 Å². The molecule has 0 saturated carbocycles. The molecule has 0 radical (unpaired) electrons. The van der Waals surface area contributed by atoms with Crippen LogP contribution in [0, 0.1) is 0 Å². The lowest BCUT2D eigenvalue weighted by Gasteiger charge is -2.18. The van der Waals surface area contributed by atoms with Crippen LogP contribution in [0.3, 0.4) is 0 Å². The van der Waals surface area contributed by atoms with Gasteiger partial charge >= 0.3 is 17.9 Å². The highest BCUT2D eigenvalue weighted by Crippen LogP contribution is 2.14. The maximum Gasteiger partial charge on any atom is 0.306 e. The lowest BCUT2D eigenvalue weighted by atomic mass is 10.1. The highest BCUT2D eigenvalue weighted by atomic mass is 16.6. The molecule has 0 saturated heterocycles. The number of carbonyl (C=O) groups excluding carboxylic acids is 3. The first-order chi connectivity index (χ1) is 27.5. The molecule has 0 aromatic rings.